The van der Waals surface area contributed by atoms with E-state index in [1.54, 1.807) is 6.08 Å². The Morgan fingerprint density at radius 3 is 2.50 bits per heavy atom. The molecule has 0 amide bonds. The van der Waals surface area contributed by atoms with E-state index in [0.29, 0.717) is 0 Å². The van der Waals surface area contributed by atoms with Gasteiger partial charge in [-0.25, -0.2) is 8.42 Å². The number of hydrogen-bond acceptors (Lipinski definition) is 2. The van der Waals surface area contributed by atoms with Crippen molar-refractivity contribution in [1.82, 2.24) is 0 Å². The minimum Gasteiger partial charge on any atom is -0.216 e. The van der Waals surface area contributed by atoms with Gasteiger partial charge in [0.05, 0.1) is 20.1 Å². The van der Waals surface area contributed by atoms with Gasteiger partial charge in [-0.15, -0.1) is 0 Å². The normalized spacial score (nSPS) is 26.7. The third-order valence-corrected chi connectivity index (χ3v) is 4.13. The summed E-state index contributed by atoms with van der Waals surface area (Å²) >= 11 is 2.66. The van der Waals surface area contributed by atoms with Crippen molar-refractivity contribution in [3.8, 4) is 0 Å². The van der Waals surface area contributed by atoms with Gasteiger partial charge in [0.1, 0.15) is 0 Å². The first-order valence-electron chi connectivity index (χ1n) is 3.21. The highest BCUT2D eigenvalue weighted by Crippen LogP contribution is 2.21. The Bertz CT molecular complexity index is 230. The van der Waals surface area contributed by atoms with E-state index in [1.807, 2.05) is 6.08 Å². The van der Waals surface area contributed by atoms with Crippen molar-refractivity contribution in [1.29, 1.82) is 0 Å². The first-order chi connectivity index (χ1) is 4.61. The summed E-state index contributed by atoms with van der Waals surface area (Å²) < 4.78 is 21.7. The average Bonchev–Trinajstić information content (AvgIpc) is 1.88. The van der Waals surface area contributed by atoms with Crippen molar-refractivity contribution in [3.05, 3.63) is 12.2 Å². The largest absolute Gasteiger partial charge is 0.216 e. The van der Waals surface area contributed by atoms with Gasteiger partial charge < -0.3 is 0 Å². The lowest BCUT2D eigenvalue weighted by Gasteiger charge is -2.11. The van der Waals surface area contributed by atoms with Crippen LogP contribution in [0.5, 0.6) is 0 Å². The molecule has 0 N–H and O–H groups in total. The maximum atomic E-state index is 10.9. The maximum absolute atomic E-state index is 10.9. The minimum atomic E-state index is -3.00. The number of halogens is 1. The predicted molar refractivity (Wildman–Crippen MR) is 44.6 cm³/mol. The van der Waals surface area contributed by atoms with Gasteiger partial charge in [-0.05, 0) is 19.3 Å². The van der Waals surface area contributed by atoms with E-state index in [1.165, 1.54) is 0 Å². The van der Waals surface area contributed by atoms with Gasteiger partial charge in [-0.1, -0.05) is 12.2 Å². The highest BCUT2D eigenvalue weighted by Gasteiger charge is 2.20. The van der Waals surface area contributed by atoms with Gasteiger partial charge >= 0.3 is 0 Å². The highest BCUT2D eigenvalue weighted by atomic mass is 79.9. The summed E-state index contributed by atoms with van der Waals surface area (Å²) in [5, 5.41) is -0.291. The summed E-state index contributed by atoms with van der Waals surface area (Å²) in [7, 11) is -3.00. The molecule has 1 aliphatic carbocycles. The molecule has 4 heteroatoms. The van der Waals surface area contributed by atoms with Crippen molar-refractivity contribution in [2.45, 2.75) is 24.5 Å². The molecule has 0 aromatic rings. The Balaban J connectivity index is 2.74. The van der Waals surface area contributed by atoms with Crippen LogP contribution in [0.1, 0.15) is 19.3 Å². The zero-order valence-corrected chi connectivity index (χ0v) is 7.86. The molecule has 0 radical (unpaired) electrons. The van der Waals surface area contributed by atoms with Crippen molar-refractivity contribution in [2.75, 3.05) is 0 Å². The molecule has 1 unspecified atom stereocenters. The number of hydrogen-bond donors (Lipinski definition) is 0. The smallest absolute Gasteiger partial charge is 0.215 e. The lowest BCUT2D eigenvalue weighted by atomic mass is 10.1. The Hall–Kier alpha value is 0.170. The van der Waals surface area contributed by atoms with Crippen LogP contribution in [-0.4, -0.2) is 13.7 Å². The molecule has 2 nitrogen and oxygen atoms in total. The molecule has 10 heavy (non-hydrogen) atoms. The summed E-state index contributed by atoms with van der Waals surface area (Å²) in [6, 6.07) is 0. The van der Waals surface area contributed by atoms with E-state index in [9.17, 15) is 8.42 Å². The van der Waals surface area contributed by atoms with Crippen LogP contribution in [0.15, 0.2) is 12.2 Å². The van der Waals surface area contributed by atoms with Crippen LogP contribution in [0.25, 0.3) is 0 Å². The Labute approximate surface area is 68.4 Å². The Morgan fingerprint density at radius 1 is 1.50 bits per heavy atom. The summed E-state index contributed by atoms with van der Waals surface area (Å²) in [5.74, 6) is 0. The van der Waals surface area contributed by atoms with Crippen molar-refractivity contribution >= 4 is 23.1 Å². The molecule has 0 saturated heterocycles. The van der Waals surface area contributed by atoms with Crippen LogP contribution in [0, 0.1) is 0 Å². The summed E-state index contributed by atoms with van der Waals surface area (Å²) in [4.78, 5) is 0. The third-order valence-electron chi connectivity index (χ3n) is 1.57. The fourth-order valence-electron chi connectivity index (χ4n) is 1.02. The van der Waals surface area contributed by atoms with E-state index >= 15 is 0 Å². The van der Waals surface area contributed by atoms with Crippen molar-refractivity contribution in [3.63, 3.8) is 0 Å². The molecular formula is C6H9BrO2S. The minimum absolute atomic E-state index is 0.291. The molecule has 58 valence electrons. The van der Waals surface area contributed by atoms with Crippen LogP contribution in [0.4, 0.5) is 0 Å². The van der Waals surface area contributed by atoms with Crippen LogP contribution >= 0.6 is 14.8 Å². The molecule has 1 atom stereocenters. The Morgan fingerprint density at radius 2 is 2.20 bits per heavy atom. The van der Waals surface area contributed by atoms with Gasteiger partial charge in [-0.3, -0.25) is 0 Å². The monoisotopic (exact) mass is 224 g/mol. The molecule has 0 bridgehead atoms. The van der Waals surface area contributed by atoms with Crippen LogP contribution < -0.4 is 0 Å². The molecule has 1 aliphatic rings. The molecule has 1 rings (SSSR count). The standard InChI is InChI=1S/C6H9BrO2S/c7-10(8,9)6-4-2-1-3-5-6/h2,4,6H,1,3,5H2. The Kier molecular flexibility index (Phi) is 2.52. The summed E-state index contributed by atoms with van der Waals surface area (Å²) in [6.07, 6.45) is 6.43. The predicted octanol–water partition coefficient (Wildman–Crippen LogP) is 1.82. The molecule has 0 saturated carbocycles. The van der Waals surface area contributed by atoms with Crippen LogP contribution in [-0.2, 0) is 8.27 Å². The van der Waals surface area contributed by atoms with Crippen molar-refractivity contribution < 1.29 is 8.42 Å². The van der Waals surface area contributed by atoms with Gasteiger partial charge in [0.25, 0.3) is 0 Å². The first-order valence-corrected chi connectivity index (χ1v) is 6.60. The zero-order chi connectivity index (χ0) is 7.61. The first kappa shape index (κ1) is 8.27. The molecule has 0 spiro atoms. The van der Waals surface area contributed by atoms with E-state index in [0.717, 1.165) is 19.3 Å². The third kappa shape index (κ3) is 2.09. The van der Waals surface area contributed by atoms with E-state index < -0.39 is 8.27 Å². The van der Waals surface area contributed by atoms with Gasteiger partial charge in [-0.2, -0.15) is 0 Å². The van der Waals surface area contributed by atoms with Gasteiger partial charge in [0, 0.05) is 0 Å². The summed E-state index contributed by atoms with van der Waals surface area (Å²) in [5.41, 5.74) is 0. The second-order valence-electron chi connectivity index (χ2n) is 2.37. The number of allylic oxidation sites excluding steroid dienone is 1. The molecule has 0 heterocycles. The van der Waals surface area contributed by atoms with Gasteiger partial charge in [0.15, 0.2) is 0 Å². The molecule has 0 aliphatic heterocycles. The van der Waals surface area contributed by atoms with Gasteiger partial charge in [0.2, 0.25) is 8.27 Å². The van der Waals surface area contributed by atoms with Crippen LogP contribution in [0.2, 0.25) is 0 Å². The maximum Gasteiger partial charge on any atom is 0.215 e. The lowest BCUT2D eigenvalue weighted by molar-refractivity contribution is 0.593. The fraction of sp³-hybridized carbons (Fsp3) is 0.667. The summed E-state index contributed by atoms with van der Waals surface area (Å²) in [6.45, 7) is 0. The van der Waals surface area contributed by atoms with Crippen molar-refractivity contribution in [2.24, 2.45) is 0 Å². The molecule has 0 aromatic heterocycles. The molecule has 0 fully saturated rings. The van der Waals surface area contributed by atoms with E-state index in [-0.39, 0.29) is 5.25 Å². The number of rotatable bonds is 1. The topological polar surface area (TPSA) is 34.1 Å². The van der Waals surface area contributed by atoms with E-state index in [4.69, 9.17) is 0 Å². The molecule has 0 aromatic carbocycles. The fourth-order valence-corrected chi connectivity index (χ4v) is 2.70. The average molecular weight is 225 g/mol. The second-order valence-corrected chi connectivity index (χ2v) is 6.64. The lowest BCUT2D eigenvalue weighted by Crippen LogP contribution is -2.14. The van der Waals surface area contributed by atoms with E-state index in [2.05, 4.69) is 14.8 Å². The second kappa shape index (κ2) is 3.05. The van der Waals surface area contributed by atoms with Crippen LogP contribution in [0.3, 0.4) is 0 Å². The highest BCUT2D eigenvalue weighted by molar-refractivity contribution is 9.47. The SMILES string of the molecule is O=S(=O)(Br)C1C=CCCC1. The molecular weight excluding hydrogens is 216 g/mol. The zero-order valence-electron chi connectivity index (χ0n) is 5.46. The quantitative estimate of drug-likeness (QED) is 0.503.